The number of benzene rings is 3. The topological polar surface area (TPSA) is 74.8 Å². The minimum absolute atomic E-state index is 0.0366. The lowest BCUT2D eigenvalue weighted by molar-refractivity contribution is 0.252. The molecule has 3 aromatic carbocycles. The number of anilines is 2. The van der Waals surface area contributed by atoms with Gasteiger partial charge in [0, 0.05) is 28.4 Å². The molecule has 0 aromatic heterocycles. The van der Waals surface area contributed by atoms with Crippen LogP contribution in [0.4, 0.5) is 16.2 Å². The summed E-state index contributed by atoms with van der Waals surface area (Å²) >= 11 is 6.24. The van der Waals surface area contributed by atoms with Gasteiger partial charge in [-0.25, -0.2) is 10.2 Å². The van der Waals surface area contributed by atoms with E-state index in [0.29, 0.717) is 17.1 Å². The summed E-state index contributed by atoms with van der Waals surface area (Å²) in [5.41, 5.74) is 9.47. The van der Waals surface area contributed by atoms with E-state index in [-0.39, 0.29) is 6.04 Å². The molecule has 0 saturated heterocycles. The molecule has 3 aromatic rings. The fourth-order valence-electron chi connectivity index (χ4n) is 3.88. The first-order chi connectivity index (χ1) is 15.4. The van der Waals surface area contributed by atoms with Crippen LogP contribution in [0.15, 0.2) is 65.8 Å². The Labute approximate surface area is 192 Å². The van der Waals surface area contributed by atoms with E-state index in [4.69, 9.17) is 16.3 Å². The lowest BCUT2D eigenvalue weighted by Crippen LogP contribution is -2.29. The SMILES string of the molecule is COc1ccc(NC(=O)NN=C2CC(c3ccc(C)cc3C)Nc3ccc(Cl)cc32)cc1. The molecule has 7 heteroatoms. The summed E-state index contributed by atoms with van der Waals surface area (Å²) in [5, 5.41) is 11.4. The van der Waals surface area contributed by atoms with Crippen LogP contribution in [0.1, 0.15) is 34.7 Å². The minimum atomic E-state index is -0.423. The number of amides is 2. The van der Waals surface area contributed by atoms with Gasteiger partial charge in [0.05, 0.1) is 18.9 Å². The Kier molecular flexibility index (Phi) is 6.32. The number of hydrogen-bond donors (Lipinski definition) is 3. The predicted octanol–water partition coefficient (Wildman–Crippen LogP) is 6.05. The monoisotopic (exact) mass is 448 g/mol. The molecular formula is C25H25ClN4O2. The van der Waals surface area contributed by atoms with Crippen molar-refractivity contribution in [2.24, 2.45) is 5.10 Å². The van der Waals surface area contributed by atoms with E-state index < -0.39 is 6.03 Å². The van der Waals surface area contributed by atoms with Crippen molar-refractivity contribution in [1.29, 1.82) is 0 Å². The number of hydrogen-bond acceptors (Lipinski definition) is 4. The molecule has 1 atom stereocenters. The summed E-state index contributed by atoms with van der Waals surface area (Å²) in [4.78, 5) is 12.4. The number of aryl methyl sites for hydroxylation is 2. The summed E-state index contributed by atoms with van der Waals surface area (Å²) < 4.78 is 5.14. The predicted molar refractivity (Wildman–Crippen MR) is 130 cm³/mol. The normalized spacial score (nSPS) is 16.1. The first kappa shape index (κ1) is 21.7. The molecule has 6 nitrogen and oxygen atoms in total. The standard InChI is InChI=1S/C25H25ClN4O2/c1-15-4-10-20(16(2)12-15)23-14-24(21-13-17(26)5-11-22(21)28-23)29-30-25(31)27-18-6-8-19(32-3)9-7-18/h4-13,23,28H,14H2,1-3H3,(H2,27,30,31). The van der Waals surface area contributed by atoms with E-state index in [1.807, 2.05) is 18.2 Å². The van der Waals surface area contributed by atoms with Gasteiger partial charge >= 0.3 is 6.03 Å². The fourth-order valence-corrected chi connectivity index (χ4v) is 4.06. The van der Waals surface area contributed by atoms with Crippen molar-refractivity contribution in [3.63, 3.8) is 0 Å². The van der Waals surface area contributed by atoms with Gasteiger partial charge < -0.3 is 15.4 Å². The van der Waals surface area contributed by atoms with Crippen molar-refractivity contribution in [1.82, 2.24) is 5.43 Å². The Hall–Kier alpha value is -3.51. The number of methoxy groups -OCH3 is 1. The van der Waals surface area contributed by atoms with Crippen molar-refractivity contribution in [2.75, 3.05) is 17.7 Å². The van der Waals surface area contributed by atoms with Gasteiger partial charge in [-0.1, -0.05) is 35.4 Å². The Balaban J connectivity index is 1.56. The number of halogens is 1. The number of nitrogens with zero attached hydrogens (tertiary/aromatic N) is 1. The van der Waals surface area contributed by atoms with Crippen molar-refractivity contribution in [2.45, 2.75) is 26.3 Å². The molecule has 2 amide bonds. The zero-order valence-corrected chi connectivity index (χ0v) is 19.0. The molecule has 1 heterocycles. The van der Waals surface area contributed by atoms with E-state index >= 15 is 0 Å². The molecule has 1 unspecified atom stereocenters. The number of carbonyl (C=O) groups excluding carboxylic acids is 1. The second kappa shape index (κ2) is 9.32. The zero-order valence-electron chi connectivity index (χ0n) is 18.2. The molecule has 1 aliphatic rings. The Morgan fingerprint density at radius 1 is 1.09 bits per heavy atom. The molecule has 164 valence electrons. The highest BCUT2D eigenvalue weighted by Crippen LogP contribution is 2.35. The summed E-state index contributed by atoms with van der Waals surface area (Å²) in [6.45, 7) is 4.19. The third-order valence-electron chi connectivity index (χ3n) is 5.46. The molecule has 0 radical (unpaired) electrons. The van der Waals surface area contributed by atoms with Crippen molar-refractivity contribution in [3.05, 3.63) is 87.9 Å². The number of hydrazone groups is 1. The second-order valence-electron chi connectivity index (χ2n) is 7.80. The highest BCUT2D eigenvalue weighted by molar-refractivity contribution is 6.31. The van der Waals surface area contributed by atoms with Crippen LogP contribution in [0.3, 0.4) is 0 Å². The maximum atomic E-state index is 12.4. The summed E-state index contributed by atoms with van der Waals surface area (Å²) in [6, 6.07) is 18.8. The molecule has 32 heavy (non-hydrogen) atoms. The lowest BCUT2D eigenvalue weighted by atomic mass is 9.89. The van der Waals surface area contributed by atoms with Gasteiger partial charge in [0.15, 0.2) is 0 Å². The number of urea groups is 1. The number of carbonyl (C=O) groups is 1. The van der Waals surface area contributed by atoms with E-state index in [1.165, 1.54) is 16.7 Å². The summed E-state index contributed by atoms with van der Waals surface area (Å²) in [6.07, 6.45) is 0.611. The third-order valence-corrected chi connectivity index (χ3v) is 5.70. The van der Waals surface area contributed by atoms with Crippen LogP contribution in [0.25, 0.3) is 0 Å². The number of nitrogens with one attached hydrogen (secondary N) is 3. The van der Waals surface area contributed by atoms with Crippen LogP contribution in [-0.4, -0.2) is 18.9 Å². The van der Waals surface area contributed by atoms with Crippen LogP contribution >= 0.6 is 11.6 Å². The first-order valence-corrected chi connectivity index (χ1v) is 10.7. The summed E-state index contributed by atoms with van der Waals surface area (Å²) in [7, 11) is 1.60. The number of fused-ring (bicyclic) bond motifs is 1. The van der Waals surface area contributed by atoms with Crippen LogP contribution in [0, 0.1) is 13.8 Å². The minimum Gasteiger partial charge on any atom is -0.497 e. The number of ether oxygens (including phenoxy) is 1. The second-order valence-corrected chi connectivity index (χ2v) is 8.24. The van der Waals surface area contributed by atoms with Gasteiger partial charge in [0.25, 0.3) is 0 Å². The quantitative estimate of drug-likeness (QED) is 0.425. The van der Waals surface area contributed by atoms with Crippen LogP contribution in [0.5, 0.6) is 5.75 Å². The highest BCUT2D eigenvalue weighted by atomic mass is 35.5. The molecule has 0 fully saturated rings. The van der Waals surface area contributed by atoms with E-state index in [2.05, 4.69) is 53.2 Å². The van der Waals surface area contributed by atoms with Crippen molar-refractivity contribution in [3.8, 4) is 5.75 Å². The van der Waals surface area contributed by atoms with Crippen LogP contribution in [0.2, 0.25) is 5.02 Å². The van der Waals surface area contributed by atoms with Gasteiger partial charge in [-0.15, -0.1) is 0 Å². The molecule has 0 bridgehead atoms. The number of rotatable bonds is 4. The maximum Gasteiger partial charge on any atom is 0.339 e. The third kappa shape index (κ3) is 4.86. The van der Waals surface area contributed by atoms with Gasteiger partial charge in [0.1, 0.15) is 5.75 Å². The highest BCUT2D eigenvalue weighted by Gasteiger charge is 2.26. The summed E-state index contributed by atoms with van der Waals surface area (Å²) in [5.74, 6) is 0.719. The molecular weight excluding hydrogens is 424 g/mol. The van der Waals surface area contributed by atoms with Crippen LogP contribution in [-0.2, 0) is 0 Å². The molecule has 1 aliphatic heterocycles. The van der Waals surface area contributed by atoms with E-state index in [0.717, 1.165) is 22.7 Å². The van der Waals surface area contributed by atoms with E-state index in [9.17, 15) is 4.79 Å². The molecule has 0 saturated carbocycles. The smallest absolute Gasteiger partial charge is 0.339 e. The fraction of sp³-hybridized carbons (Fsp3) is 0.200. The maximum absolute atomic E-state index is 12.4. The van der Waals surface area contributed by atoms with E-state index in [1.54, 1.807) is 31.4 Å². The molecule has 3 N–H and O–H groups in total. The molecule has 0 spiro atoms. The molecule has 4 rings (SSSR count). The Morgan fingerprint density at radius 3 is 2.59 bits per heavy atom. The Bertz CT molecular complexity index is 1180. The van der Waals surface area contributed by atoms with Crippen molar-refractivity contribution >= 4 is 34.7 Å². The lowest BCUT2D eigenvalue weighted by Gasteiger charge is -2.29. The van der Waals surface area contributed by atoms with Gasteiger partial charge in [-0.2, -0.15) is 5.10 Å². The zero-order chi connectivity index (χ0) is 22.7. The van der Waals surface area contributed by atoms with Crippen LogP contribution < -0.4 is 20.8 Å². The molecule has 0 aliphatic carbocycles. The van der Waals surface area contributed by atoms with Gasteiger partial charge in [-0.05, 0) is 67.4 Å². The van der Waals surface area contributed by atoms with Gasteiger partial charge in [-0.3, -0.25) is 0 Å². The average Bonchev–Trinajstić information content (AvgIpc) is 2.78. The average molecular weight is 449 g/mol. The first-order valence-electron chi connectivity index (χ1n) is 10.3. The Morgan fingerprint density at radius 2 is 1.88 bits per heavy atom. The largest absolute Gasteiger partial charge is 0.497 e. The van der Waals surface area contributed by atoms with Gasteiger partial charge in [0.2, 0.25) is 0 Å². The van der Waals surface area contributed by atoms with Crippen molar-refractivity contribution < 1.29 is 9.53 Å².